The van der Waals surface area contributed by atoms with Gasteiger partial charge in [-0.1, -0.05) is 38.0 Å². The van der Waals surface area contributed by atoms with Crippen molar-refractivity contribution < 1.29 is 18.2 Å². The van der Waals surface area contributed by atoms with Crippen LogP contribution in [0.15, 0.2) is 24.3 Å². The summed E-state index contributed by atoms with van der Waals surface area (Å²) in [4.78, 5) is 10.1. The predicted molar refractivity (Wildman–Crippen MR) is 69.0 cm³/mol. The molecule has 0 bridgehead atoms. The molecule has 1 aliphatic heterocycles. The highest BCUT2D eigenvalue weighted by Gasteiger charge is 2.32. The van der Waals surface area contributed by atoms with E-state index in [0.717, 1.165) is 18.4 Å². The zero-order valence-corrected chi connectivity index (χ0v) is 11.3. The molecular weight excluding hydrogens is 252 g/mol. The molecule has 0 aliphatic carbocycles. The van der Waals surface area contributed by atoms with Crippen molar-refractivity contribution in [2.24, 2.45) is 0 Å². The van der Waals surface area contributed by atoms with E-state index in [1.54, 1.807) is 6.07 Å². The summed E-state index contributed by atoms with van der Waals surface area (Å²) in [5.41, 5.74) is 0.0112. The van der Waals surface area contributed by atoms with E-state index in [4.69, 9.17) is 9.78 Å². The van der Waals surface area contributed by atoms with Crippen molar-refractivity contribution in [3.05, 3.63) is 29.8 Å². The van der Waals surface area contributed by atoms with Gasteiger partial charge in [-0.15, -0.1) is 0 Å². The van der Waals surface area contributed by atoms with Gasteiger partial charge in [0.1, 0.15) is 0 Å². The lowest BCUT2D eigenvalue weighted by Gasteiger charge is -2.23. The second-order valence-corrected chi connectivity index (χ2v) is 6.75. The van der Waals surface area contributed by atoms with Gasteiger partial charge in [-0.25, -0.2) is 8.42 Å². The first-order chi connectivity index (χ1) is 8.63. The second-order valence-electron chi connectivity index (χ2n) is 4.50. The molecule has 1 heterocycles. The minimum atomic E-state index is -3.25. The van der Waals surface area contributed by atoms with Gasteiger partial charge in [0.05, 0.1) is 5.75 Å². The van der Waals surface area contributed by atoms with E-state index in [1.165, 1.54) is 0 Å². The molecule has 0 amide bonds. The van der Waals surface area contributed by atoms with E-state index in [0.29, 0.717) is 18.6 Å². The Hall–Kier alpha value is -1.07. The molecule has 1 unspecified atom stereocenters. The van der Waals surface area contributed by atoms with Crippen LogP contribution in [-0.4, -0.2) is 19.6 Å². The quantitative estimate of drug-likeness (QED) is 0.609. The maximum Gasteiger partial charge on any atom is 0.209 e. The largest absolute Gasteiger partial charge is 0.336 e. The Morgan fingerprint density at radius 1 is 1.28 bits per heavy atom. The average molecular weight is 270 g/mol. The molecule has 0 saturated heterocycles. The summed E-state index contributed by atoms with van der Waals surface area (Å²) in [5, 5.41) is 0. The van der Waals surface area contributed by atoms with Crippen LogP contribution < -0.4 is 4.89 Å². The molecule has 0 aromatic heterocycles. The zero-order chi connectivity index (χ0) is 13.0. The summed E-state index contributed by atoms with van der Waals surface area (Å²) in [5.74, 6) is 0.773. The number of para-hydroxylation sites is 1. The first kappa shape index (κ1) is 13.4. The summed E-state index contributed by atoms with van der Waals surface area (Å²) < 4.78 is 24.1. The third-order valence-corrected chi connectivity index (χ3v) is 4.94. The Morgan fingerprint density at radius 3 is 2.83 bits per heavy atom. The van der Waals surface area contributed by atoms with Gasteiger partial charge in [-0.05, 0) is 12.5 Å². The van der Waals surface area contributed by atoms with Crippen LogP contribution in [0.4, 0.5) is 0 Å². The molecule has 2 rings (SSSR count). The highest BCUT2D eigenvalue weighted by atomic mass is 32.2. The van der Waals surface area contributed by atoms with Crippen LogP contribution >= 0.6 is 0 Å². The van der Waals surface area contributed by atoms with E-state index in [1.807, 2.05) is 25.1 Å². The van der Waals surface area contributed by atoms with Crippen molar-refractivity contribution in [3.63, 3.8) is 0 Å². The summed E-state index contributed by atoms with van der Waals surface area (Å²) in [7, 11) is -3.25. The van der Waals surface area contributed by atoms with Crippen molar-refractivity contribution in [2.45, 2.75) is 38.0 Å². The number of rotatable bonds is 5. The van der Waals surface area contributed by atoms with Gasteiger partial charge in [0, 0.05) is 12.0 Å². The van der Waals surface area contributed by atoms with Crippen LogP contribution in [0, 0.1) is 0 Å². The Balaban J connectivity index is 2.04. The predicted octanol–water partition coefficient (Wildman–Crippen LogP) is 2.48. The first-order valence-corrected chi connectivity index (χ1v) is 7.98. The first-order valence-electron chi connectivity index (χ1n) is 6.26. The van der Waals surface area contributed by atoms with Gasteiger partial charge in [0.25, 0.3) is 0 Å². The fourth-order valence-electron chi connectivity index (χ4n) is 1.94. The summed E-state index contributed by atoms with van der Waals surface area (Å²) in [6.07, 6.45) is 2.97. The van der Waals surface area contributed by atoms with Gasteiger partial charge in [-0.3, -0.25) is 0 Å². The van der Waals surface area contributed by atoms with Crippen molar-refractivity contribution in [3.8, 4) is 5.75 Å². The normalized spacial score (nSPS) is 19.1. The van der Waals surface area contributed by atoms with Crippen LogP contribution in [0.1, 0.15) is 31.7 Å². The van der Waals surface area contributed by atoms with Crippen molar-refractivity contribution in [1.29, 1.82) is 0 Å². The Labute approximate surface area is 108 Å². The molecule has 0 radical (unpaired) electrons. The molecule has 1 aliphatic rings. The van der Waals surface area contributed by atoms with Crippen LogP contribution in [0.25, 0.3) is 0 Å². The zero-order valence-electron chi connectivity index (χ0n) is 10.5. The Morgan fingerprint density at radius 2 is 2.06 bits per heavy atom. The second kappa shape index (κ2) is 5.71. The number of hydrogen-bond donors (Lipinski definition) is 0. The molecular formula is C13H18O4S. The number of fused-ring (bicyclic) bond motifs is 1. The van der Waals surface area contributed by atoms with Crippen molar-refractivity contribution >= 4 is 9.84 Å². The number of sulfone groups is 1. The molecule has 1 aromatic carbocycles. The Bertz CT molecular complexity index is 495. The molecule has 100 valence electrons. The minimum absolute atomic E-state index is 0.164. The summed E-state index contributed by atoms with van der Waals surface area (Å²) in [6.45, 7) is 2.04. The number of unbranched alkanes of at least 4 members (excludes halogenated alkanes) is 2. The average Bonchev–Trinajstić information content (AvgIpc) is 2.38. The highest BCUT2D eigenvalue weighted by molar-refractivity contribution is 7.91. The van der Waals surface area contributed by atoms with E-state index < -0.39 is 15.3 Å². The standard InChI is InChI=1S/C13H18O4S/c1-2-3-6-9-18(14,15)13-10-11-7-4-5-8-12(11)16-17-13/h4-5,7-8,13H,2-3,6,9-10H2,1H3. The molecule has 5 heteroatoms. The van der Waals surface area contributed by atoms with E-state index >= 15 is 0 Å². The van der Waals surface area contributed by atoms with Crippen molar-refractivity contribution in [2.75, 3.05) is 5.75 Å². The Kier molecular flexibility index (Phi) is 4.24. The summed E-state index contributed by atoms with van der Waals surface area (Å²) >= 11 is 0. The third kappa shape index (κ3) is 3.03. The van der Waals surface area contributed by atoms with Gasteiger partial charge in [0.15, 0.2) is 15.6 Å². The SMILES string of the molecule is CCCCCS(=O)(=O)C1Cc2ccccc2OO1. The minimum Gasteiger partial charge on any atom is -0.336 e. The molecule has 0 saturated carbocycles. The van der Waals surface area contributed by atoms with Crippen LogP contribution in [0.3, 0.4) is 0 Å². The van der Waals surface area contributed by atoms with Crippen LogP contribution in [-0.2, 0) is 21.1 Å². The summed E-state index contributed by atoms with van der Waals surface area (Å²) in [6, 6.07) is 7.34. The molecule has 0 spiro atoms. The molecule has 0 N–H and O–H groups in total. The highest BCUT2D eigenvalue weighted by Crippen LogP contribution is 2.28. The van der Waals surface area contributed by atoms with Crippen molar-refractivity contribution in [1.82, 2.24) is 0 Å². The molecule has 4 nitrogen and oxygen atoms in total. The fraction of sp³-hybridized carbons (Fsp3) is 0.538. The van der Waals surface area contributed by atoms with Gasteiger partial charge < -0.3 is 4.89 Å². The van der Waals surface area contributed by atoms with E-state index in [-0.39, 0.29) is 5.75 Å². The maximum absolute atomic E-state index is 12.1. The maximum atomic E-state index is 12.1. The monoisotopic (exact) mass is 270 g/mol. The molecule has 18 heavy (non-hydrogen) atoms. The topological polar surface area (TPSA) is 52.6 Å². The van der Waals surface area contributed by atoms with Gasteiger partial charge >= 0.3 is 0 Å². The lowest BCUT2D eigenvalue weighted by Crippen LogP contribution is -2.33. The molecule has 1 aromatic rings. The lowest BCUT2D eigenvalue weighted by molar-refractivity contribution is -0.230. The van der Waals surface area contributed by atoms with Crippen LogP contribution in [0.5, 0.6) is 5.75 Å². The number of hydrogen-bond acceptors (Lipinski definition) is 4. The van der Waals surface area contributed by atoms with Crippen LogP contribution in [0.2, 0.25) is 0 Å². The lowest BCUT2D eigenvalue weighted by atomic mass is 10.1. The van der Waals surface area contributed by atoms with E-state index in [9.17, 15) is 8.42 Å². The van der Waals surface area contributed by atoms with Gasteiger partial charge in [-0.2, -0.15) is 4.89 Å². The smallest absolute Gasteiger partial charge is 0.209 e. The molecule has 0 fully saturated rings. The van der Waals surface area contributed by atoms with E-state index in [2.05, 4.69) is 0 Å². The molecule has 1 atom stereocenters. The fourth-order valence-corrected chi connectivity index (χ4v) is 3.41. The van der Waals surface area contributed by atoms with Gasteiger partial charge in [0.2, 0.25) is 5.44 Å². The number of benzene rings is 1. The third-order valence-electron chi connectivity index (χ3n) is 3.04.